The number of aromatic nitrogens is 1. The standard InChI is InChI=1S/C12H19N3OS.2ClH/c1-10(6-13)7-15-12(16)9-17-8-11-4-2-3-5-14-11;;/h2-5,10H,6-9,13H2,1H3,(H,15,16);2*1H. The number of halogens is 2. The highest BCUT2D eigenvalue weighted by atomic mass is 35.5. The van der Waals surface area contributed by atoms with Crippen molar-refractivity contribution in [2.75, 3.05) is 18.8 Å². The van der Waals surface area contributed by atoms with E-state index in [0.717, 1.165) is 11.4 Å². The van der Waals surface area contributed by atoms with E-state index in [1.807, 2.05) is 25.1 Å². The first-order chi connectivity index (χ1) is 8.22. The lowest BCUT2D eigenvalue weighted by Crippen LogP contribution is -2.32. The number of thioether (sulfide) groups is 1. The third-order valence-electron chi connectivity index (χ3n) is 2.26. The van der Waals surface area contributed by atoms with Crippen LogP contribution in [-0.2, 0) is 10.5 Å². The van der Waals surface area contributed by atoms with Gasteiger partial charge in [0.15, 0.2) is 0 Å². The Hall–Kier alpha value is -0.490. The molecule has 1 heterocycles. The van der Waals surface area contributed by atoms with Gasteiger partial charge in [0.1, 0.15) is 0 Å². The summed E-state index contributed by atoms with van der Waals surface area (Å²) in [7, 11) is 0. The van der Waals surface area contributed by atoms with Gasteiger partial charge in [-0.2, -0.15) is 0 Å². The second-order valence-electron chi connectivity index (χ2n) is 3.96. The molecular formula is C12H21Cl2N3OS. The first-order valence-corrected chi connectivity index (χ1v) is 6.82. The average molecular weight is 326 g/mol. The average Bonchev–Trinajstić information content (AvgIpc) is 2.37. The van der Waals surface area contributed by atoms with E-state index in [4.69, 9.17) is 5.73 Å². The van der Waals surface area contributed by atoms with Crippen molar-refractivity contribution in [1.29, 1.82) is 0 Å². The molecule has 0 saturated heterocycles. The van der Waals surface area contributed by atoms with Crippen molar-refractivity contribution >= 4 is 42.5 Å². The van der Waals surface area contributed by atoms with Crippen molar-refractivity contribution in [3.05, 3.63) is 30.1 Å². The van der Waals surface area contributed by atoms with Gasteiger partial charge in [0, 0.05) is 18.5 Å². The van der Waals surface area contributed by atoms with Gasteiger partial charge in [0.25, 0.3) is 0 Å². The van der Waals surface area contributed by atoms with Gasteiger partial charge in [-0.1, -0.05) is 13.0 Å². The molecule has 1 unspecified atom stereocenters. The Morgan fingerprint density at radius 1 is 1.47 bits per heavy atom. The summed E-state index contributed by atoms with van der Waals surface area (Å²) in [5.41, 5.74) is 6.47. The Kier molecular flexibility index (Phi) is 13.7. The molecule has 0 aliphatic carbocycles. The SMILES string of the molecule is CC(CN)CNC(=O)CSCc1ccccn1.Cl.Cl. The van der Waals surface area contributed by atoms with Crippen LogP contribution in [0.4, 0.5) is 0 Å². The molecule has 19 heavy (non-hydrogen) atoms. The maximum Gasteiger partial charge on any atom is 0.230 e. The van der Waals surface area contributed by atoms with E-state index in [2.05, 4.69) is 10.3 Å². The second-order valence-corrected chi connectivity index (χ2v) is 4.94. The van der Waals surface area contributed by atoms with Crippen LogP contribution in [0.3, 0.4) is 0 Å². The Labute approximate surface area is 131 Å². The number of pyridine rings is 1. The fourth-order valence-corrected chi connectivity index (χ4v) is 1.92. The van der Waals surface area contributed by atoms with Gasteiger partial charge in [0.2, 0.25) is 5.91 Å². The largest absolute Gasteiger partial charge is 0.355 e. The fraction of sp³-hybridized carbons (Fsp3) is 0.500. The van der Waals surface area contributed by atoms with Gasteiger partial charge in [-0.25, -0.2) is 0 Å². The van der Waals surface area contributed by atoms with Gasteiger partial charge in [-0.05, 0) is 24.6 Å². The highest BCUT2D eigenvalue weighted by Crippen LogP contribution is 2.08. The Morgan fingerprint density at radius 3 is 2.79 bits per heavy atom. The van der Waals surface area contributed by atoms with E-state index in [0.29, 0.717) is 24.8 Å². The minimum atomic E-state index is 0. The van der Waals surface area contributed by atoms with Crippen LogP contribution in [0.1, 0.15) is 12.6 Å². The van der Waals surface area contributed by atoms with Crippen LogP contribution in [0, 0.1) is 5.92 Å². The van der Waals surface area contributed by atoms with Crippen molar-refractivity contribution in [2.45, 2.75) is 12.7 Å². The topological polar surface area (TPSA) is 68.0 Å². The van der Waals surface area contributed by atoms with Crippen LogP contribution in [0.5, 0.6) is 0 Å². The molecule has 0 spiro atoms. The van der Waals surface area contributed by atoms with E-state index < -0.39 is 0 Å². The van der Waals surface area contributed by atoms with Crippen LogP contribution in [-0.4, -0.2) is 29.7 Å². The number of nitrogens with one attached hydrogen (secondary N) is 1. The lowest BCUT2D eigenvalue weighted by atomic mass is 10.2. The summed E-state index contributed by atoms with van der Waals surface area (Å²) < 4.78 is 0. The molecule has 1 rings (SSSR count). The van der Waals surface area contributed by atoms with Gasteiger partial charge >= 0.3 is 0 Å². The molecule has 4 nitrogen and oxygen atoms in total. The van der Waals surface area contributed by atoms with Crippen molar-refractivity contribution in [3.63, 3.8) is 0 Å². The number of amides is 1. The predicted molar refractivity (Wildman–Crippen MR) is 86.1 cm³/mol. The second kappa shape index (κ2) is 12.5. The zero-order valence-electron chi connectivity index (χ0n) is 10.9. The van der Waals surface area contributed by atoms with Gasteiger partial charge in [-0.3, -0.25) is 9.78 Å². The minimum absolute atomic E-state index is 0. The summed E-state index contributed by atoms with van der Waals surface area (Å²) in [6, 6.07) is 5.79. The zero-order valence-corrected chi connectivity index (χ0v) is 13.3. The Bertz CT molecular complexity index is 341. The number of hydrogen-bond acceptors (Lipinski definition) is 4. The third kappa shape index (κ3) is 10.0. The number of carbonyl (C=O) groups excluding carboxylic acids is 1. The fourth-order valence-electron chi connectivity index (χ4n) is 1.15. The van der Waals surface area contributed by atoms with Crippen molar-refractivity contribution in [2.24, 2.45) is 11.7 Å². The molecule has 7 heteroatoms. The Morgan fingerprint density at radius 2 is 2.21 bits per heavy atom. The molecule has 0 aromatic carbocycles. The molecule has 0 aliphatic heterocycles. The first-order valence-electron chi connectivity index (χ1n) is 5.66. The number of nitrogens with two attached hydrogens (primary N) is 1. The quantitative estimate of drug-likeness (QED) is 0.803. The molecule has 0 bridgehead atoms. The van der Waals surface area contributed by atoms with Crippen LogP contribution in [0.15, 0.2) is 24.4 Å². The van der Waals surface area contributed by atoms with E-state index in [-0.39, 0.29) is 30.7 Å². The normalized spacial score (nSPS) is 10.8. The van der Waals surface area contributed by atoms with E-state index in [1.165, 1.54) is 0 Å². The Balaban J connectivity index is 0. The number of nitrogens with zero attached hydrogens (tertiary/aromatic N) is 1. The lowest BCUT2D eigenvalue weighted by Gasteiger charge is -2.09. The van der Waals surface area contributed by atoms with Crippen molar-refractivity contribution in [3.8, 4) is 0 Å². The molecular weight excluding hydrogens is 305 g/mol. The minimum Gasteiger partial charge on any atom is -0.355 e. The van der Waals surface area contributed by atoms with Crippen LogP contribution >= 0.6 is 36.6 Å². The molecule has 3 N–H and O–H groups in total. The third-order valence-corrected chi connectivity index (χ3v) is 3.23. The summed E-state index contributed by atoms with van der Waals surface area (Å²) in [4.78, 5) is 15.7. The molecule has 1 aromatic heterocycles. The molecule has 0 aliphatic rings. The highest BCUT2D eigenvalue weighted by Gasteiger charge is 2.04. The summed E-state index contributed by atoms with van der Waals surface area (Å²) in [6.07, 6.45) is 1.76. The molecule has 0 saturated carbocycles. The summed E-state index contributed by atoms with van der Waals surface area (Å²) in [6.45, 7) is 3.27. The van der Waals surface area contributed by atoms with E-state index in [1.54, 1.807) is 18.0 Å². The zero-order chi connectivity index (χ0) is 12.5. The molecule has 1 aromatic rings. The highest BCUT2D eigenvalue weighted by molar-refractivity contribution is 7.99. The van der Waals surface area contributed by atoms with Crippen LogP contribution in [0.2, 0.25) is 0 Å². The number of rotatable bonds is 7. The predicted octanol–water partition coefficient (Wildman–Crippen LogP) is 1.87. The smallest absolute Gasteiger partial charge is 0.230 e. The maximum atomic E-state index is 11.5. The molecule has 110 valence electrons. The maximum absolute atomic E-state index is 11.5. The van der Waals surface area contributed by atoms with Gasteiger partial charge < -0.3 is 11.1 Å². The first kappa shape index (κ1) is 20.8. The van der Waals surface area contributed by atoms with Crippen molar-refractivity contribution in [1.82, 2.24) is 10.3 Å². The summed E-state index contributed by atoms with van der Waals surface area (Å²) in [5, 5.41) is 2.86. The number of hydrogen-bond donors (Lipinski definition) is 2. The molecule has 1 atom stereocenters. The lowest BCUT2D eigenvalue weighted by molar-refractivity contribution is -0.118. The molecule has 0 fully saturated rings. The number of carbonyl (C=O) groups is 1. The van der Waals surface area contributed by atoms with Gasteiger partial charge in [0.05, 0.1) is 11.4 Å². The molecule has 1 amide bonds. The molecule has 0 radical (unpaired) electrons. The summed E-state index contributed by atoms with van der Waals surface area (Å²) in [5.74, 6) is 1.63. The van der Waals surface area contributed by atoms with E-state index in [9.17, 15) is 4.79 Å². The van der Waals surface area contributed by atoms with Crippen molar-refractivity contribution < 1.29 is 4.79 Å². The van der Waals surface area contributed by atoms with Crippen LogP contribution in [0.25, 0.3) is 0 Å². The monoisotopic (exact) mass is 325 g/mol. The van der Waals surface area contributed by atoms with Crippen LogP contribution < -0.4 is 11.1 Å². The van der Waals surface area contributed by atoms with Gasteiger partial charge in [-0.15, -0.1) is 36.6 Å². The van der Waals surface area contributed by atoms with E-state index >= 15 is 0 Å². The summed E-state index contributed by atoms with van der Waals surface area (Å²) >= 11 is 1.57.